The number of carbonyl (C=O) groups is 1. The number of aryl methyl sites for hydroxylation is 1. The number of Topliss-reactive ketones (excluding diaryl/α,β-unsaturated/α-hetero) is 1. The van der Waals surface area contributed by atoms with Crippen LogP contribution >= 0.6 is 11.3 Å². The number of allylic oxidation sites excluding steroid dienone is 1. The number of rotatable bonds is 11. The number of hydrogen-bond acceptors (Lipinski definition) is 8. The van der Waals surface area contributed by atoms with Gasteiger partial charge in [0.2, 0.25) is 0 Å². The number of carbonyl (C=O) groups excluding carboxylic acids is 1. The van der Waals surface area contributed by atoms with Crippen molar-refractivity contribution < 1.29 is 22.0 Å². The summed E-state index contributed by atoms with van der Waals surface area (Å²) in [6.45, 7) is 9.20. The van der Waals surface area contributed by atoms with Gasteiger partial charge in [0.15, 0.2) is 9.34 Å². The van der Waals surface area contributed by atoms with Crippen molar-refractivity contribution in [3.05, 3.63) is 66.0 Å². The maximum absolute atomic E-state index is 14.4. The molecule has 0 aliphatic carbocycles. The Labute approximate surface area is 237 Å². The van der Waals surface area contributed by atoms with Crippen molar-refractivity contribution in [2.75, 3.05) is 30.3 Å². The predicted octanol–water partition coefficient (Wildman–Crippen LogP) is 5.88. The van der Waals surface area contributed by atoms with Crippen LogP contribution in [0, 0.1) is 6.92 Å². The van der Waals surface area contributed by atoms with E-state index >= 15 is 0 Å². The molecule has 0 unspecified atom stereocenters. The largest absolute Gasteiger partial charge is 0.367 e. The van der Waals surface area contributed by atoms with Crippen molar-refractivity contribution >= 4 is 48.9 Å². The molecule has 1 fully saturated rings. The third-order valence-electron chi connectivity index (χ3n) is 6.75. The third kappa shape index (κ3) is 6.56. The Kier molecular flexibility index (Phi) is 9.01. The van der Waals surface area contributed by atoms with Crippen molar-refractivity contribution in [1.82, 2.24) is 14.3 Å². The molecule has 0 radical (unpaired) electrons. The molecule has 4 rings (SSSR count). The summed E-state index contributed by atoms with van der Waals surface area (Å²) >= 11 is 1.04. The molecule has 0 spiro atoms. The normalized spacial score (nSPS) is 15.6. The Bertz CT molecular complexity index is 1540. The van der Waals surface area contributed by atoms with Crippen LogP contribution in [-0.2, 0) is 20.7 Å². The van der Waals surface area contributed by atoms with E-state index in [2.05, 4.69) is 33.3 Å². The van der Waals surface area contributed by atoms with Gasteiger partial charge in [-0.3, -0.25) is 4.79 Å². The van der Waals surface area contributed by atoms with E-state index in [1.54, 1.807) is 25.1 Å². The SMILES string of the molecule is C=CC(F)(F)c1cccc2c(N[C@@H](C)CC=C3CCN(S(=O)(=O)c4sc(NCC(C)=O)nc4C)CC3)nccc12. The molecular weight excluding hydrogens is 556 g/mol. The number of hydrogen-bond donors (Lipinski definition) is 2. The number of nitrogens with one attached hydrogen (secondary N) is 2. The van der Waals surface area contributed by atoms with E-state index in [9.17, 15) is 22.0 Å². The van der Waals surface area contributed by atoms with E-state index in [1.165, 1.54) is 29.1 Å². The van der Waals surface area contributed by atoms with Crippen LogP contribution in [0.4, 0.5) is 19.7 Å². The van der Waals surface area contributed by atoms with Crippen molar-refractivity contribution in [1.29, 1.82) is 0 Å². The van der Waals surface area contributed by atoms with Crippen LogP contribution < -0.4 is 10.6 Å². The number of aromatic nitrogens is 2. The Hall–Kier alpha value is -3.22. The molecule has 1 aliphatic rings. The molecule has 1 atom stereocenters. The molecule has 12 heteroatoms. The second-order valence-electron chi connectivity index (χ2n) is 9.88. The van der Waals surface area contributed by atoms with Crippen molar-refractivity contribution in [2.45, 2.75) is 56.2 Å². The summed E-state index contributed by atoms with van der Waals surface area (Å²) in [7, 11) is -3.69. The van der Waals surface area contributed by atoms with Gasteiger partial charge in [-0.2, -0.15) is 13.1 Å². The van der Waals surface area contributed by atoms with E-state index in [-0.39, 0.29) is 28.1 Å². The summed E-state index contributed by atoms with van der Waals surface area (Å²) in [4.78, 5) is 19.9. The Morgan fingerprint density at radius 2 is 1.98 bits per heavy atom. The Balaban J connectivity index is 1.38. The number of sulfonamides is 1. The monoisotopic (exact) mass is 589 g/mol. The van der Waals surface area contributed by atoms with Gasteiger partial charge in [-0.1, -0.05) is 47.8 Å². The molecule has 0 saturated carbocycles. The number of anilines is 2. The molecule has 0 amide bonds. The molecule has 2 N–H and O–H groups in total. The van der Waals surface area contributed by atoms with Gasteiger partial charge in [-0.15, -0.1) is 0 Å². The summed E-state index contributed by atoms with van der Waals surface area (Å²) in [5.74, 6) is -2.68. The van der Waals surface area contributed by atoms with Crippen molar-refractivity contribution in [3.8, 4) is 0 Å². The first-order chi connectivity index (χ1) is 18.9. The number of pyridine rings is 1. The molecule has 1 saturated heterocycles. The van der Waals surface area contributed by atoms with Gasteiger partial charge in [0.05, 0.1) is 12.2 Å². The smallest absolute Gasteiger partial charge is 0.292 e. The van der Waals surface area contributed by atoms with E-state index in [4.69, 9.17) is 0 Å². The van der Waals surface area contributed by atoms with Crippen LogP contribution in [0.3, 0.4) is 0 Å². The van der Waals surface area contributed by atoms with Crippen LogP contribution in [0.1, 0.15) is 44.4 Å². The zero-order valence-corrected chi connectivity index (χ0v) is 24.3. The lowest BCUT2D eigenvalue weighted by Crippen LogP contribution is -2.36. The van der Waals surface area contributed by atoms with Crippen LogP contribution in [0.5, 0.6) is 0 Å². The van der Waals surface area contributed by atoms with E-state index in [0.717, 1.165) is 11.3 Å². The number of halogens is 2. The number of piperidine rings is 1. The highest BCUT2D eigenvalue weighted by Crippen LogP contribution is 2.36. The topological polar surface area (TPSA) is 104 Å². The van der Waals surface area contributed by atoms with E-state index in [1.807, 2.05) is 6.92 Å². The molecule has 3 aromatic rings. The third-order valence-corrected chi connectivity index (χ3v) is 10.3. The quantitative estimate of drug-likeness (QED) is 0.269. The Morgan fingerprint density at radius 1 is 1.25 bits per heavy atom. The fourth-order valence-corrected chi connectivity index (χ4v) is 7.58. The average Bonchev–Trinajstić information content (AvgIpc) is 3.32. The summed E-state index contributed by atoms with van der Waals surface area (Å²) in [5, 5.41) is 7.65. The van der Waals surface area contributed by atoms with Gasteiger partial charge in [0, 0.05) is 36.3 Å². The predicted molar refractivity (Wildman–Crippen MR) is 156 cm³/mol. The number of nitrogens with zero attached hydrogens (tertiary/aromatic N) is 3. The minimum Gasteiger partial charge on any atom is -0.367 e. The van der Waals surface area contributed by atoms with Gasteiger partial charge in [-0.25, -0.2) is 18.4 Å². The zero-order valence-electron chi connectivity index (χ0n) is 22.7. The fourth-order valence-electron chi connectivity index (χ4n) is 4.59. The molecule has 0 bridgehead atoms. The number of thiazole rings is 1. The molecule has 8 nitrogen and oxygen atoms in total. The minimum atomic E-state index is -3.69. The van der Waals surface area contributed by atoms with Gasteiger partial charge in [0.1, 0.15) is 11.6 Å². The highest BCUT2D eigenvalue weighted by Gasteiger charge is 2.32. The molecule has 1 aromatic carbocycles. The summed E-state index contributed by atoms with van der Waals surface area (Å²) in [5.41, 5.74) is 1.47. The number of fused-ring (bicyclic) bond motifs is 1. The molecule has 3 heterocycles. The molecular formula is C28H33F2N5O3S2. The van der Waals surface area contributed by atoms with Crippen LogP contribution in [0.2, 0.25) is 0 Å². The average molecular weight is 590 g/mol. The number of ketones is 1. The Morgan fingerprint density at radius 3 is 2.65 bits per heavy atom. The summed E-state index contributed by atoms with van der Waals surface area (Å²) in [6, 6.07) is 6.31. The summed E-state index contributed by atoms with van der Waals surface area (Å²) < 4.78 is 57.0. The lowest BCUT2D eigenvalue weighted by atomic mass is 10.00. The lowest BCUT2D eigenvalue weighted by Gasteiger charge is -2.27. The minimum absolute atomic E-state index is 0.0308. The maximum atomic E-state index is 14.4. The maximum Gasteiger partial charge on any atom is 0.292 e. The summed E-state index contributed by atoms with van der Waals surface area (Å²) in [6.07, 6.45) is 6.18. The highest BCUT2D eigenvalue weighted by molar-refractivity contribution is 7.91. The molecule has 40 heavy (non-hydrogen) atoms. The number of alkyl halides is 2. The second-order valence-corrected chi connectivity index (χ2v) is 13.0. The van der Waals surface area contributed by atoms with E-state index < -0.39 is 15.9 Å². The molecule has 214 valence electrons. The van der Waals surface area contributed by atoms with E-state index in [0.29, 0.717) is 65.8 Å². The first-order valence-corrected chi connectivity index (χ1v) is 15.2. The van der Waals surface area contributed by atoms with Crippen LogP contribution in [0.15, 0.2) is 59.0 Å². The lowest BCUT2D eigenvalue weighted by molar-refractivity contribution is -0.115. The highest BCUT2D eigenvalue weighted by atomic mass is 32.2. The van der Waals surface area contributed by atoms with Crippen LogP contribution in [0.25, 0.3) is 10.8 Å². The van der Waals surface area contributed by atoms with Crippen molar-refractivity contribution in [2.24, 2.45) is 0 Å². The molecule has 2 aromatic heterocycles. The van der Waals surface area contributed by atoms with Crippen molar-refractivity contribution in [3.63, 3.8) is 0 Å². The van der Waals surface area contributed by atoms with Gasteiger partial charge in [0.25, 0.3) is 15.9 Å². The number of benzene rings is 1. The fraction of sp³-hybridized carbons (Fsp3) is 0.393. The zero-order chi connectivity index (χ0) is 29.1. The molecule has 1 aliphatic heterocycles. The second kappa shape index (κ2) is 12.1. The van der Waals surface area contributed by atoms with Gasteiger partial charge < -0.3 is 10.6 Å². The van der Waals surface area contributed by atoms with Gasteiger partial charge >= 0.3 is 0 Å². The first-order valence-electron chi connectivity index (χ1n) is 13.0. The first kappa shape index (κ1) is 29.8. The van der Waals surface area contributed by atoms with Gasteiger partial charge in [-0.05, 0) is 57.6 Å². The standard InChI is InChI=1S/C28H33F2N5O3S2/c1-5-28(29,30)24-8-6-7-23-22(24)11-14-31-25(23)33-18(2)9-10-21-12-15-35(16-13-21)40(37,38)26-20(4)34-27(39-26)32-17-19(3)36/h5-8,10-11,14,18H,1,9,12-13,15-17H2,2-4H3,(H,31,33)(H,32,34)/t18-/m0/s1. The van der Waals surface area contributed by atoms with Crippen LogP contribution in [-0.4, -0.2) is 54.2 Å².